The highest BCUT2D eigenvalue weighted by Gasteiger charge is 2.14. The molecule has 0 unspecified atom stereocenters. The molecule has 0 spiro atoms. The van der Waals surface area contributed by atoms with Crippen LogP contribution >= 0.6 is 0 Å². The van der Waals surface area contributed by atoms with Crippen molar-refractivity contribution in [1.29, 1.82) is 0 Å². The van der Waals surface area contributed by atoms with E-state index in [0.717, 1.165) is 5.56 Å². The van der Waals surface area contributed by atoms with E-state index >= 15 is 0 Å². The summed E-state index contributed by atoms with van der Waals surface area (Å²) in [5.41, 5.74) is 1.94. The summed E-state index contributed by atoms with van der Waals surface area (Å²) in [6.07, 6.45) is 0. The van der Waals surface area contributed by atoms with Crippen LogP contribution in [0.5, 0.6) is 5.75 Å². The number of carbonyl (C=O) groups excluding carboxylic acids is 1. The largest absolute Gasteiger partial charge is 0.494 e. The molecule has 1 aromatic carbocycles. The summed E-state index contributed by atoms with van der Waals surface area (Å²) in [5.74, 6) is 0.278. The van der Waals surface area contributed by atoms with E-state index in [-0.39, 0.29) is 16.9 Å². The molecule has 20 heavy (non-hydrogen) atoms. The molecule has 0 atom stereocenters. The van der Waals surface area contributed by atoms with E-state index in [1.807, 2.05) is 25.1 Å². The molecule has 5 heteroatoms. The maximum atomic E-state index is 11.8. The van der Waals surface area contributed by atoms with Crippen molar-refractivity contribution in [3.63, 3.8) is 0 Å². The van der Waals surface area contributed by atoms with E-state index in [4.69, 9.17) is 4.74 Å². The maximum Gasteiger partial charge on any atom is 0.211 e. The van der Waals surface area contributed by atoms with Gasteiger partial charge in [-0.05, 0) is 31.5 Å². The summed E-state index contributed by atoms with van der Waals surface area (Å²) in [6.45, 7) is 5.05. The first-order chi connectivity index (χ1) is 9.43. The van der Waals surface area contributed by atoms with Gasteiger partial charge in [0.2, 0.25) is 5.43 Å². The van der Waals surface area contributed by atoms with Gasteiger partial charge in [0.25, 0.3) is 0 Å². The summed E-state index contributed by atoms with van der Waals surface area (Å²) in [6, 6.07) is 7.06. The molecule has 1 aromatic heterocycles. The lowest BCUT2D eigenvalue weighted by Crippen LogP contribution is -2.21. The van der Waals surface area contributed by atoms with Crippen molar-refractivity contribution < 1.29 is 9.53 Å². The van der Waals surface area contributed by atoms with Crippen molar-refractivity contribution in [3.05, 3.63) is 51.4 Å². The van der Waals surface area contributed by atoms with E-state index in [0.29, 0.717) is 17.1 Å². The molecule has 0 aliphatic rings. The van der Waals surface area contributed by atoms with Crippen molar-refractivity contribution in [1.82, 2.24) is 9.78 Å². The maximum absolute atomic E-state index is 11.8. The molecule has 0 radical (unpaired) electrons. The Morgan fingerprint density at radius 3 is 2.55 bits per heavy atom. The van der Waals surface area contributed by atoms with Gasteiger partial charge in [-0.3, -0.25) is 9.59 Å². The molecular formula is C15H16N2O3. The summed E-state index contributed by atoms with van der Waals surface area (Å²) in [5, 5.41) is 4.17. The van der Waals surface area contributed by atoms with Crippen molar-refractivity contribution in [3.8, 4) is 11.4 Å². The van der Waals surface area contributed by atoms with Gasteiger partial charge in [0.15, 0.2) is 11.5 Å². The number of aryl methyl sites for hydroxylation is 2. The number of Topliss-reactive ketones (excluding diaryl/α,β-unsaturated/α-hetero) is 1. The first-order valence-electron chi connectivity index (χ1n) is 6.21. The number of rotatable bonds is 3. The number of ether oxygens (including phenoxy) is 1. The Balaban J connectivity index is 2.75. The van der Waals surface area contributed by atoms with Crippen molar-refractivity contribution >= 4 is 5.78 Å². The van der Waals surface area contributed by atoms with Gasteiger partial charge in [0.05, 0.1) is 7.11 Å². The lowest BCUT2D eigenvalue weighted by atomic mass is 10.2. The smallest absolute Gasteiger partial charge is 0.211 e. The molecule has 0 amide bonds. The Morgan fingerprint density at radius 1 is 1.25 bits per heavy atom. The van der Waals surface area contributed by atoms with E-state index < -0.39 is 0 Å². The van der Waals surface area contributed by atoms with Gasteiger partial charge in [-0.2, -0.15) is 5.10 Å². The number of benzene rings is 1. The number of hydrogen-bond acceptors (Lipinski definition) is 4. The number of carbonyl (C=O) groups is 1. The highest BCUT2D eigenvalue weighted by molar-refractivity contribution is 5.91. The molecule has 5 nitrogen and oxygen atoms in total. The van der Waals surface area contributed by atoms with Crippen molar-refractivity contribution in [2.45, 2.75) is 20.8 Å². The van der Waals surface area contributed by atoms with Crippen LogP contribution in [0.4, 0.5) is 0 Å². The SMILES string of the molecule is COc1ccc(C)cc1-n1nc(C(C)=O)c(=O)cc1C. The molecule has 0 N–H and O–H groups in total. The molecule has 0 aliphatic carbocycles. The van der Waals surface area contributed by atoms with Crippen LogP contribution < -0.4 is 10.2 Å². The predicted molar refractivity (Wildman–Crippen MR) is 75.9 cm³/mol. The Morgan fingerprint density at radius 2 is 1.95 bits per heavy atom. The number of aromatic nitrogens is 2. The third-order valence-corrected chi connectivity index (χ3v) is 3.00. The molecular weight excluding hydrogens is 256 g/mol. The van der Waals surface area contributed by atoms with Crippen LogP contribution in [-0.2, 0) is 0 Å². The third-order valence-electron chi connectivity index (χ3n) is 3.00. The fourth-order valence-electron chi connectivity index (χ4n) is 2.00. The van der Waals surface area contributed by atoms with Gasteiger partial charge in [0, 0.05) is 18.7 Å². The standard InChI is InChI=1S/C15H16N2O3/c1-9-5-6-14(20-4)12(7-9)17-10(2)8-13(19)15(16-17)11(3)18/h5-8H,1-4H3. The second-order valence-corrected chi connectivity index (χ2v) is 4.64. The zero-order valence-corrected chi connectivity index (χ0v) is 11.9. The number of hydrogen-bond donors (Lipinski definition) is 0. The van der Waals surface area contributed by atoms with Crippen LogP contribution in [0.2, 0.25) is 0 Å². The second-order valence-electron chi connectivity index (χ2n) is 4.64. The molecule has 0 bridgehead atoms. The van der Waals surface area contributed by atoms with Gasteiger partial charge in [-0.15, -0.1) is 0 Å². The van der Waals surface area contributed by atoms with Gasteiger partial charge in [-0.25, -0.2) is 4.68 Å². The number of nitrogens with zero attached hydrogens (tertiary/aromatic N) is 2. The topological polar surface area (TPSA) is 61.2 Å². The van der Waals surface area contributed by atoms with Crippen molar-refractivity contribution in [2.75, 3.05) is 7.11 Å². The highest BCUT2D eigenvalue weighted by atomic mass is 16.5. The van der Waals surface area contributed by atoms with Crippen LogP contribution in [0.15, 0.2) is 29.1 Å². The van der Waals surface area contributed by atoms with Crippen LogP contribution in [0, 0.1) is 13.8 Å². The number of ketones is 1. The predicted octanol–water partition coefficient (Wildman–Crippen LogP) is 2.06. The normalized spacial score (nSPS) is 10.4. The van der Waals surface area contributed by atoms with Crippen LogP contribution in [0.1, 0.15) is 28.7 Å². The third kappa shape index (κ3) is 2.47. The molecule has 0 fully saturated rings. The average molecular weight is 272 g/mol. The quantitative estimate of drug-likeness (QED) is 0.802. The van der Waals surface area contributed by atoms with Gasteiger partial charge >= 0.3 is 0 Å². The minimum atomic E-state index is -0.363. The van der Waals surface area contributed by atoms with Gasteiger partial charge in [0.1, 0.15) is 11.4 Å². The molecule has 2 rings (SSSR count). The highest BCUT2D eigenvalue weighted by Crippen LogP contribution is 2.24. The Bertz CT molecular complexity index is 732. The molecule has 0 saturated heterocycles. The zero-order chi connectivity index (χ0) is 14.9. The summed E-state index contributed by atoms with van der Waals surface area (Å²) < 4.78 is 6.88. The van der Waals surface area contributed by atoms with E-state index in [1.54, 1.807) is 18.7 Å². The molecule has 0 saturated carbocycles. The first-order valence-corrected chi connectivity index (χ1v) is 6.21. The van der Waals surface area contributed by atoms with Crippen LogP contribution in [0.3, 0.4) is 0 Å². The van der Waals surface area contributed by atoms with Crippen LogP contribution in [0.25, 0.3) is 5.69 Å². The first kappa shape index (κ1) is 14.0. The zero-order valence-electron chi connectivity index (χ0n) is 11.9. The van der Waals surface area contributed by atoms with E-state index in [9.17, 15) is 9.59 Å². The Hall–Kier alpha value is -2.43. The fraction of sp³-hybridized carbons (Fsp3) is 0.267. The second kappa shape index (κ2) is 5.28. The Kier molecular flexibility index (Phi) is 3.70. The van der Waals surface area contributed by atoms with Gasteiger partial charge < -0.3 is 4.74 Å². The molecule has 0 aliphatic heterocycles. The minimum absolute atomic E-state index is 0.0702. The van der Waals surface area contributed by atoms with E-state index in [2.05, 4.69) is 5.10 Å². The number of methoxy groups -OCH3 is 1. The van der Waals surface area contributed by atoms with E-state index in [1.165, 1.54) is 13.0 Å². The lowest BCUT2D eigenvalue weighted by Gasteiger charge is -2.14. The van der Waals surface area contributed by atoms with Crippen LogP contribution in [-0.4, -0.2) is 22.7 Å². The summed E-state index contributed by atoms with van der Waals surface area (Å²) in [4.78, 5) is 23.2. The molecule has 104 valence electrons. The van der Waals surface area contributed by atoms with Gasteiger partial charge in [-0.1, -0.05) is 6.07 Å². The summed E-state index contributed by atoms with van der Waals surface area (Å²) >= 11 is 0. The fourth-order valence-corrected chi connectivity index (χ4v) is 2.00. The summed E-state index contributed by atoms with van der Waals surface area (Å²) in [7, 11) is 1.57. The monoisotopic (exact) mass is 272 g/mol. The lowest BCUT2D eigenvalue weighted by molar-refractivity contribution is 0.101. The minimum Gasteiger partial charge on any atom is -0.494 e. The molecule has 2 aromatic rings. The Labute approximate surface area is 116 Å². The molecule has 1 heterocycles. The average Bonchev–Trinajstić information content (AvgIpc) is 2.38. The van der Waals surface area contributed by atoms with Crippen molar-refractivity contribution in [2.24, 2.45) is 0 Å².